The average molecular weight is 602 g/mol. The van der Waals surface area contributed by atoms with Gasteiger partial charge in [-0.2, -0.15) is 0 Å². The van der Waals surface area contributed by atoms with Gasteiger partial charge in [0.2, 0.25) is 5.91 Å². The molecule has 0 heterocycles. The number of aryl methyl sites for hydroxylation is 1. The maximum absolute atomic E-state index is 12.3. The van der Waals surface area contributed by atoms with Crippen molar-refractivity contribution < 1.29 is 14.3 Å². The van der Waals surface area contributed by atoms with Crippen molar-refractivity contribution in [2.24, 2.45) is 11.8 Å². The molecule has 0 bridgehead atoms. The summed E-state index contributed by atoms with van der Waals surface area (Å²) in [5.41, 5.74) is 4.87. The van der Waals surface area contributed by atoms with Crippen molar-refractivity contribution >= 4 is 39.0 Å². The lowest BCUT2D eigenvalue weighted by Gasteiger charge is -2.27. The van der Waals surface area contributed by atoms with E-state index in [9.17, 15) is 9.59 Å². The molecule has 0 aromatic heterocycles. The second-order valence-electron chi connectivity index (χ2n) is 10.7. The summed E-state index contributed by atoms with van der Waals surface area (Å²) in [6.45, 7) is 12.3. The lowest BCUT2D eigenvalue weighted by Crippen LogP contribution is -2.27. The molecular formula is C33H49BrN2O3. The summed E-state index contributed by atoms with van der Waals surface area (Å²) in [6, 6.07) is 10.4. The van der Waals surface area contributed by atoms with Crippen LogP contribution in [0.2, 0.25) is 0 Å². The van der Waals surface area contributed by atoms with Gasteiger partial charge in [0.1, 0.15) is 5.75 Å². The van der Waals surface area contributed by atoms with E-state index < -0.39 is 0 Å². The van der Waals surface area contributed by atoms with Gasteiger partial charge in [-0.25, -0.2) is 0 Å². The zero-order valence-electron chi connectivity index (χ0n) is 25.1. The largest absolute Gasteiger partial charge is 0.496 e. The van der Waals surface area contributed by atoms with E-state index in [2.05, 4.69) is 60.3 Å². The molecule has 216 valence electrons. The Morgan fingerprint density at radius 1 is 1.03 bits per heavy atom. The minimum atomic E-state index is 0.129. The average Bonchev–Trinajstić information content (AvgIpc) is 2.93. The zero-order chi connectivity index (χ0) is 28.9. The summed E-state index contributed by atoms with van der Waals surface area (Å²) in [7, 11) is 1.65. The van der Waals surface area contributed by atoms with Gasteiger partial charge >= 0.3 is 0 Å². The van der Waals surface area contributed by atoms with Crippen LogP contribution < -0.4 is 15.4 Å². The highest BCUT2D eigenvalue weighted by Crippen LogP contribution is 2.32. The van der Waals surface area contributed by atoms with Crippen molar-refractivity contribution in [3.05, 3.63) is 51.5 Å². The Balaban J connectivity index is 0.000000274. The smallest absolute Gasteiger partial charge is 0.227 e. The van der Waals surface area contributed by atoms with E-state index in [0.29, 0.717) is 6.04 Å². The summed E-state index contributed by atoms with van der Waals surface area (Å²) < 4.78 is 6.31. The van der Waals surface area contributed by atoms with Gasteiger partial charge in [-0.3, -0.25) is 9.59 Å². The molecule has 1 fully saturated rings. The van der Waals surface area contributed by atoms with Gasteiger partial charge in [0, 0.05) is 39.4 Å². The van der Waals surface area contributed by atoms with Crippen LogP contribution in [0.25, 0.3) is 0 Å². The number of amides is 1. The van der Waals surface area contributed by atoms with Gasteiger partial charge in [-0.1, -0.05) is 62.5 Å². The van der Waals surface area contributed by atoms with Crippen LogP contribution in [-0.2, 0) is 11.2 Å². The predicted octanol–water partition coefficient (Wildman–Crippen LogP) is 9.36. The van der Waals surface area contributed by atoms with Crippen LogP contribution in [0.15, 0.2) is 34.8 Å². The molecule has 1 atom stereocenters. The molecule has 5 nitrogen and oxygen atoms in total. The SMILES string of the molecule is CCC1CCC(C(=O)Nc2ccc(C)c(OC)c2)CC1.CCCC(CC)Nc1cc(Br)c(CC)c(C(C)=O)c1. The number of hydrogen-bond donors (Lipinski definition) is 2. The third-order valence-corrected chi connectivity index (χ3v) is 8.61. The van der Waals surface area contributed by atoms with Gasteiger partial charge in [0.15, 0.2) is 5.78 Å². The van der Waals surface area contributed by atoms with Crippen LogP contribution in [0.4, 0.5) is 11.4 Å². The lowest BCUT2D eigenvalue weighted by atomic mass is 9.80. The number of carbonyl (C=O) groups is 2. The number of methoxy groups -OCH3 is 1. The molecule has 1 saturated carbocycles. The summed E-state index contributed by atoms with van der Waals surface area (Å²) in [6.07, 6.45) is 9.93. The zero-order valence-corrected chi connectivity index (χ0v) is 26.7. The first-order valence-corrected chi connectivity index (χ1v) is 15.5. The number of benzene rings is 2. The van der Waals surface area contributed by atoms with E-state index in [0.717, 1.165) is 76.3 Å². The molecule has 0 saturated heterocycles. The molecule has 2 aromatic carbocycles. The fourth-order valence-corrected chi connectivity index (χ4v) is 6.07. The van der Waals surface area contributed by atoms with Crippen LogP contribution in [-0.4, -0.2) is 24.8 Å². The number of ether oxygens (including phenoxy) is 1. The minimum Gasteiger partial charge on any atom is -0.496 e. The number of hydrogen-bond acceptors (Lipinski definition) is 4. The highest BCUT2D eigenvalue weighted by Gasteiger charge is 2.25. The van der Waals surface area contributed by atoms with Gasteiger partial charge < -0.3 is 15.4 Å². The molecule has 0 aliphatic heterocycles. The van der Waals surface area contributed by atoms with E-state index in [1.807, 2.05) is 31.2 Å². The van der Waals surface area contributed by atoms with Crippen LogP contribution >= 0.6 is 15.9 Å². The van der Waals surface area contributed by atoms with Crippen LogP contribution in [0, 0.1) is 18.8 Å². The lowest BCUT2D eigenvalue weighted by molar-refractivity contribution is -0.121. The molecular weight excluding hydrogens is 552 g/mol. The number of halogens is 1. The third kappa shape index (κ3) is 9.97. The second-order valence-corrected chi connectivity index (χ2v) is 11.6. The highest BCUT2D eigenvalue weighted by molar-refractivity contribution is 9.10. The van der Waals surface area contributed by atoms with Crippen molar-refractivity contribution in [1.82, 2.24) is 0 Å². The molecule has 0 radical (unpaired) electrons. The number of ketones is 1. The Kier molecular flexibility index (Phi) is 14.1. The number of rotatable bonds is 11. The third-order valence-electron chi connectivity index (χ3n) is 7.90. The molecule has 1 unspecified atom stereocenters. The topological polar surface area (TPSA) is 67.4 Å². The maximum Gasteiger partial charge on any atom is 0.227 e. The Labute approximate surface area is 245 Å². The quantitative estimate of drug-likeness (QED) is 0.252. The first-order chi connectivity index (χ1) is 18.7. The highest BCUT2D eigenvalue weighted by atomic mass is 79.9. The molecule has 1 amide bonds. The van der Waals surface area contributed by atoms with Crippen molar-refractivity contribution in [1.29, 1.82) is 0 Å². The van der Waals surface area contributed by atoms with Crippen molar-refractivity contribution in [3.8, 4) is 5.75 Å². The maximum atomic E-state index is 12.3. The van der Waals surface area contributed by atoms with E-state index in [4.69, 9.17) is 4.74 Å². The van der Waals surface area contributed by atoms with E-state index >= 15 is 0 Å². The number of Topliss-reactive ketones (excluding diaryl/α,β-unsaturated/α-hetero) is 1. The summed E-state index contributed by atoms with van der Waals surface area (Å²) in [5.74, 6) is 2.09. The van der Waals surface area contributed by atoms with Gasteiger partial charge in [0.05, 0.1) is 7.11 Å². The Hall–Kier alpha value is -2.34. The fourth-order valence-electron chi connectivity index (χ4n) is 5.33. The molecule has 2 N–H and O–H groups in total. The summed E-state index contributed by atoms with van der Waals surface area (Å²) in [5, 5.41) is 6.56. The van der Waals surface area contributed by atoms with Gasteiger partial charge in [-0.15, -0.1) is 0 Å². The number of nitrogens with one attached hydrogen (secondary N) is 2. The normalized spacial score (nSPS) is 17.4. The molecule has 2 aromatic rings. The number of anilines is 2. The molecule has 0 spiro atoms. The van der Waals surface area contributed by atoms with E-state index in [-0.39, 0.29) is 17.6 Å². The molecule has 3 rings (SSSR count). The van der Waals surface area contributed by atoms with Crippen LogP contribution in [0.3, 0.4) is 0 Å². The second kappa shape index (κ2) is 16.7. The van der Waals surface area contributed by atoms with Crippen molar-refractivity contribution in [3.63, 3.8) is 0 Å². The van der Waals surface area contributed by atoms with Crippen LogP contribution in [0.1, 0.15) is 107 Å². The van der Waals surface area contributed by atoms with Crippen LogP contribution in [0.5, 0.6) is 5.75 Å². The molecule has 1 aliphatic carbocycles. The van der Waals surface area contributed by atoms with Gasteiger partial charge in [-0.05, 0) is 94.0 Å². The van der Waals surface area contributed by atoms with Crippen molar-refractivity contribution in [2.45, 2.75) is 105 Å². The fraction of sp³-hybridized carbons (Fsp3) is 0.576. The standard InChI is InChI=1S/C17H25NO2.C16H24BrNO/c1-4-13-6-8-14(9-7-13)17(19)18-15-10-5-12(2)16(11-15)20-3;1-5-8-12(6-2)18-13-9-15(11(4)19)14(7-3)16(17)10-13/h5,10-11,13-14H,4,6-9H2,1-3H3,(H,18,19);9-10,12,18H,5-8H2,1-4H3. The number of carbonyl (C=O) groups excluding carboxylic acids is 2. The Morgan fingerprint density at radius 3 is 2.26 bits per heavy atom. The summed E-state index contributed by atoms with van der Waals surface area (Å²) in [4.78, 5) is 24.1. The first-order valence-electron chi connectivity index (χ1n) is 14.7. The van der Waals surface area contributed by atoms with Crippen molar-refractivity contribution in [2.75, 3.05) is 17.7 Å². The first kappa shape index (κ1) is 32.9. The molecule has 1 aliphatic rings. The summed E-state index contributed by atoms with van der Waals surface area (Å²) >= 11 is 3.59. The minimum absolute atomic E-state index is 0.129. The monoisotopic (exact) mass is 600 g/mol. The Morgan fingerprint density at radius 2 is 1.72 bits per heavy atom. The van der Waals surface area contributed by atoms with E-state index in [1.165, 1.54) is 25.7 Å². The molecule has 6 heteroatoms. The van der Waals surface area contributed by atoms with E-state index in [1.54, 1.807) is 14.0 Å². The van der Waals surface area contributed by atoms with Gasteiger partial charge in [0.25, 0.3) is 0 Å². The molecule has 39 heavy (non-hydrogen) atoms. The Bertz CT molecular complexity index is 1080. The predicted molar refractivity (Wildman–Crippen MR) is 168 cm³/mol.